The van der Waals surface area contributed by atoms with E-state index in [1.807, 2.05) is 0 Å². The van der Waals surface area contributed by atoms with Gasteiger partial charge in [0.05, 0.1) is 20.1 Å². The molecule has 0 saturated heterocycles. The number of hydrazone groups is 1. The summed E-state index contributed by atoms with van der Waals surface area (Å²) >= 11 is 0. The number of benzene rings is 1. The van der Waals surface area contributed by atoms with E-state index in [2.05, 4.69) is 10.5 Å². The average molecular weight is 308 g/mol. The Hall–Kier alpha value is -2.57. The van der Waals surface area contributed by atoms with Crippen LogP contribution in [0.15, 0.2) is 29.4 Å². The summed E-state index contributed by atoms with van der Waals surface area (Å²) in [7, 11) is 1.52. The lowest BCUT2D eigenvalue weighted by atomic mass is 10.3. The number of ether oxygens (including phenoxy) is 3. The predicted octanol–water partition coefficient (Wildman–Crippen LogP) is 1.52. The number of rotatable bonds is 8. The molecule has 0 heterocycles. The van der Waals surface area contributed by atoms with Gasteiger partial charge in [0.25, 0.3) is 5.91 Å². The fourth-order valence-corrected chi connectivity index (χ4v) is 1.53. The van der Waals surface area contributed by atoms with Gasteiger partial charge < -0.3 is 14.2 Å². The lowest BCUT2D eigenvalue weighted by Crippen LogP contribution is -2.26. The van der Waals surface area contributed by atoms with Crippen molar-refractivity contribution in [2.45, 2.75) is 20.3 Å². The summed E-state index contributed by atoms with van der Waals surface area (Å²) in [6.45, 7) is 3.45. The van der Waals surface area contributed by atoms with Gasteiger partial charge in [0.15, 0.2) is 18.1 Å². The molecule has 0 radical (unpaired) electrons. The van der Waals surface area contributed by atoms with Crippen LogP contribution in [0, 0.1) is 0 Å². The van der Waals surface area contributed by atoms with Crippen LogP contribution in [0.4, 0.5) is 0 Å². The molecular weight excluding hydrogens is 288 g/mol. The summed E-state index contributed by atoms with van der Waals surface area (Å²) in [5.74, 6) is 0.182. The Kier molecular flexibility index (Phi) is 7.45. The molecular formula is C15H20N2O5. The first-order valence-electron chi connectivity index (χ1n) is 6.80. The van der Waals surface area contributed by atoms with E-state index in [1.165, 1.54) is 7.11 Å². The first-order chi connectivity index (χ1) is 10.6. The van der Waals surface area contributed by atoms with Crippen molar-refractivity contribution < 1.29 is 23.8 Å². The van der Waals surface area contributed by atoms with Crippen LogP contribution >= 0.6 is 0 Å². The molecule has 1 aromatic carbocycles. The molecule has 0 aromatic heterocycles. The molecule has 0 aliphatic heterocycles. The highest BCUT2D eigenvalue weighted by atomic mass is 16.5. The zero-order valence-corrected chi connectivity index (χ0v) is 12.9. The van der Waals surface area contributed by atoms with Crippen molar-refractivity contribution in [3.05, 3.63) is 24.3 Å². The first-order valence-corrected chi connectivity index (χ1v) is 6.80. The van der Waals surface area contributed by atoms with E-state index in [0.717, 1.165) is 0 Å². The van der Waals surface area contributed by atoms with Gasteiger partial charge in [-0.15, -0.1) is 0 Å². The van der Waals surface area contributed by atoms with E-state index in [0.29, 0.717) is 23.8 Å². The second kappa shape index (κ2) is 9.38. The smallest absolute Gasteiger partial charge is 0.311 e. The van der Waals surface area contributed by atoms with E-state index < -0.39 is 5.91 Å². The maximum Gasteiger partial charge on any atom is 0.311 e. The molecule has 7 heteroatoms. The van der Waals surface area contributed by atoms with Crippen molar-refractivity contribution in [3.8, 4) is 11.5 Å². The monoisotopic (exact) mass is 308 g/mol. The molecule has 0 bridgehead atoms. The molecule has 0 aliphatic carbocycles. The fraction of sp³-hybridized carbons (Fsp3) is 0.400. The molecule has 7 nitrogen and oxygen atoms in total. The third kappa shape index (κ3) is 6.25. The molecule has 0 unspecified atom stereocenters. The lowest BCUT2D eigenvalue weighted by Gasteiger charge is -2.09. The van der Waals surface area contributed by atoms with E-state index in [-0.39, 0.29) is 19.0 Å². The zero-order valence-electron chi connectivity index (χ0n) is 12.9. The van der Waals surface area contributed by atoms with Gasteiger partial charge in [-0.1, -0.05) is 12.1 Å². The van der Waals surface area contributed by atoms with Crippen LogP contribution in [-0.4, -0.2) is 37.9 Å². The van der Waals surface area contributed by atoms with Crippen molar-refractivity contribution >= 4 is 17.6 Å². The Labute approximate surface area is 129 Å². The number of para-hydroxylation sites is 2. The maximum absolute atomic E-state index is 11.6. The third-order valence-corrected chi connectivity index (χ3v) is 2.50. The second-order valence-corrected chi connectivity index (χ2v) is 4.30. The number of nitrogens with zero attached hydrogens (tertiary/aromatic N) is 1. The number of carbonyl (C=O) groups excluding carboxylic acids is 2. The standard InChI is InChI=1S/C15H20N2O5/c1-4-21-15(19)9-11(2)16-17-14(18)10-22-13-8-6-5-7-12(13)20-3/h5-8H,4,9-10H2,1-3H3,(H,17,18)/b16-11+. The highest BCUT2D eigenvalue weighted by Gasteiger charge is 2.07. The quantitative estimate of drug-likeness (QED) is 0.447. The van der Waals surface area contributed by atoms with Crippen LogP contribution in [0.25, 0.3) is 0 Å². The van der Waals surface area contributed by atoms with Gasteiger partial charge in [0, 0.05) is 5.71 Å². The maximum atomic E-state index is 11.6. The summed E-state index contributed by atoms with van der Waals surface area (Å²) in [6, 6.07) is 7.00. The van der Waals surface area contributed by atoms with Gasteiger partial charge in [-0.05, 0) is 26.0 Å². The summed E-state index contributed by atoms with van der Waals surface area (Å²) < 4.78 is 15.2. The molecule has 1 amide bonds. The van der Waals surface area contributed by atoms with Crippen molar-refractivity contribution in [1.82, 2.24) is 5.43 Å². The number of hydrogen-bond donors (Lipinski definition) is 1. The van der Waals surface area contributed by atoms with Crippen molar-refractivity contribution in [1.29, 1.82) is 0 Å². The van der Waals surface area contributed by atoms with Crippen molar-refractivity contribution in [2.75, 3.05) is 20.3 Å². The summed E-state index contributed by atoms with van der Waals surface area (Å²) in [5.41, 5.74) is 2.76. The average Bonchev–Trinajstić information content (AvgIpc) is 2.51. The van der Waals surface area contributed by atoms with Crippen LogP contribution in [0.1, 0.15) is 20.3 Å². The minimum Gasteiger partial charge on any atom is -0.493 e. The SMILES string of the molecule is CCOC(=O)C/C(C)=N/NC(=O)COc1ccccc1OC. The molecule has 120 valence electrons. The molecule has 1 N–H and O–H groups in total. The Morgan fingerprint density at radius 3 is 2.55 bits per heavy atom. The highest BCUT2D eigenvalue weighted by Crippen LogP contribution is 2.25. The largest absolute Gasteiger partial charge is 0.493 e. The Balaban J connectivity index is 2.41. The van der Waals surface area contributed by atoms with Gasteiger partial charge in [0.2, 0.25) is 0 Å². The van der Waals surface area contributed by atoms with Crippen LogP contribution < -0.4 is 14.9 Å². The molecule has 0 atom stereocenters. The summed E-state index contributed by atoms with van der Waals surface area (Å²) in [4.78, 5) is 22.9. The van der Waals surface area contributed by atoms with E-state index >= 15 is 0 Å². The number of methoxy groups -OCH3 is 1. The normalized spacial score (nSPS) is 10.8. The van der Waals surface area contributed by atoms with E-state index in [4.69, 9.17) is 14.2 Å². The third-order valence-electron chi connectivity index (χ3n) is 2.50. The van der Waals surface area contributed by atoms with Gasteiger partial charge in [-0.25, -0.2) is 5.43 Å². The van der Waals surface area contributed by atoms with Crippen LogP contribution in [-0.2, 0) is 14.3 Å². The van der Waals surface area contributed by atoms with Crippen LogP contribution in [0.2, 0.25) is 0 Å². The molecule has 1 rings (SSSR count). The van der Waals surface area contributed by atoms with Crippen LogP contribution in [0.3, 0.4) is 0 Å². The zero-order chi connectivity index (χ0) is 16.4. The molecule has 0 saturated carbocycles. The van der Waals surface area contributed by atoms with E-state index in [9.17, 15) is 9.59 Å². The Bertz CT molecular complexity index is 542. The summed E-state index contributed by atoms with van der Waals surface area (Å²) in [6.07, 6.45) is 0.0293. The number of carbonyl (C=O) groups is 2. The number of hydrogen-bond acceptors (Lipinski definition) is 6. The second-order valence-electron chi connectivity index (χ2n) is 4.30. The van der Waals surface area contributed by atoms with Gasteiger partial charge >= 0.3 is 5.97 Å². The van der Waals surface area contributed by atoms with Gasteiger partial charge in [-0.2, -0.15) is 5.10 Å². The molecule has 0 fully saturated rings. The number of esters is 1. The van der Waals surface area contributed by atoms with Crippen molar-refractivity contribution in [3.63, 3.8) is 0 Å². The highest BCUT2D eigenvalue weighted by molar-refractivity contribution is 5.98. The molecule has 22 heavy (non-hydrogen) atoms. The fourth-order valence-electron chi connectivity index (χ4n) is 1.53. The minimum atomic E-state index is -0.436. The number of amides is 1. The molecule has 0 aliphatic rings. The Morgan fingerprint density at radius 2 is 1.91 bits per heavy atom. The van der Waals surface area contributed by atoms with Crippen LogP contribution in [0.5, 0.6) is 11.5 Å². The number of nitrogens with one attached hydrogen (secondary N) is 1. The molecule has 1 aromatic rings. The predicted molar refractivity (Wildman–Crippen MR) is 81.0 cm³/mol. The lowest BCUT2D eigenvalue weighted by molar-refractivity contribution is -0.141. The minimum absolute atomic E-state index is 0.0293. The van der Waals surface area contributed by atoms with Gasteiger partial charge in [0.1, 0.15) is 0 Å². The van der Waals surface area contributed by atoms with E-state index in [1.54, 1.807) is 38.1 Å². The Morgan fingerprint density at radius 1 is 1.23 bits per heavy atom. The topological polar surface area (TPSA) is 86.2 Å². The summed E-state index contributed by atoms with van der Waals surface area (Å²) in [5, 5.41) is 3.81. The van der Waals surface area contributed by atoms with Gasteiger partial charge in [-0.3, -0.25) is 9.59 Å². The first kappa shape index (κ1) is 17.5. The molecule has 0 spiro atoms. The van der Waals surface area contributed by atoms with Crippen molar-refractivity contribution in [2.24, 2.45) is 5.10 Å².